The fourth-order valence-corrected chi connectivity index (χ4v) is 2.13. The molecule has 0 radical (unpaired) electrons. The Kier molecular flexibility index (Phi) is 5.61. The summed E-state index contributed by atoms with van der Waals surface area (Å²) in [5.74, 6) is 0.204. The van der Waals surface area contributed by atoms with Crippen LogP contribution in [0.5, 0.6) is 0 Å². The number of aryl methyl sites for hydroxylation is 1. The number of aromatic nitrogens is 1. The number of halogens is 2. The maximum Gasteiger partial charge on any atom is 0.273 e. The van der Waals surface area contributed by atoms with Crippen molar-refractivity contribution in [3.8, 4) is 0 Å². The van der Waals surface area contributed by atoms with Gasteiger partial charge in [0.25, 0.3) is 5.91 Å². The van der Waals surface area contributed by atoms with E-state index in [2.05, 4.69) is 10.3 Å². The maximum absolute atomic E-state index is 11.7. The second kappa shape index (κ2) is 7.45. The van der Waals surface area contributed by atoms with Crippen LogP contribution in [-0.2, 0) is 11.3 Å². The molecule has 0 saturated heterocycles. The first-order chi connectivity index (χ1) is 10.1. The van der Waals surface area contributed by atoms with Crippen molar-refractivity contribution in [1.29, 1.82) is 0 Å². The Hall–Kier alpha value is -1.56. The Morgan fingerprint density at radius 2 is 2.24 bits per heavy atom. The number of benzene rings is 1. The first-order valence-corrected chi connectivity index (χ1v) is 7.03. The topological polar surface area (TPSA) is 64.4 Å². The lowest BCUT2D eigenvalue weighted by atomic mass is 10.2. The molecule has 1 heterocycles. The van der Waals surface area contributed by atoms with Gasteiger partial charge >= 0.3 is 0 Å². The number of oxazole rings is 1. The van der Waals surface area contributed by atoms with Gasteiger partial charge in [-0.2, -0.15) is 0 Å². The SMILES string of the molecule is Cc1ocnc1C(=O)NCCOCc1ccc(Cl)cc1Cl. The lowest BCUT2D eigenvalue weighted by Gasteiger charge is -2.07. The molecular weight excluding hydrogens is 315 g/mol. The molecule has 5 nitrogen and oxygen atoms in total. The average Bonchev–Trinajstić information content (AvgIpc) is 2.86. The highest BCUT2D eigenvalue weighted by Crippen LogP contribution is 2.21. The zero-order chi connectivity index (χ0) is 15.2. The monoisotopic (exact) mass is 328 g/mol. The lowest BCUT2D eigenvalue weighted by molar-refractivity contribution is 0.0895. The predicted octanol–water partition coefficient (Wildman–Crippen LogP) is 3.24. The number of nitrogens with zero attached hydrogens (tertiary/aromatic N) is 1. The number of rotatable bonds is 6. The summed E-state index contributed by atoms with van der Waals surface area (Å²) in [6.07, 6.45) is 1.24. The fraction of sp³-hybridized carbons (Fsp3) is 0.286. The van der Waals surface area contributed by atoms with E-state index >= 15 is 0 Å². The fourth-order valence-electron chi connectivity index (χ4n) is 1.66. The molecule has 0 aliphatic carbocycles. The molecule has 0 unspecified atom stereocenters. The second-order valence-corrected chi connectivity index (χ2v) is 5.15. The van der Waals surface area contributed by atoms with Crippen LogP contribution in [0.4, 0.5) is 0 Å². The summed E-state index contributed by atoms with van der Waals surface area (Å²) in [6.45, 7) is 2.77. The standard InChI is InChI=1S/C14H14Cl2N2O3/c1-9-13(18-8-21-9)14(19)17-4-5-20-7-10-2-3-11(15)6-12(10)16/h2-3,6,8H,4-5,7H2,1H3,(H,17,19). The van der Waals surface area contributed by atoms with Gasteiger partial charge in [0.1, 0.15) is 5.76 Å². The Morgan fingerprint density at radius 1 is 1.43 bits per heavy atom. The Morgan fingerprint density at radius 3 is 2.90 bits per heavy atom. The van der Waals surface area contributed by atoms with Gasteiger partial charge in [0.2, 0.25) is 0 Å². The number of hydrogen-bond donors (Lipinski definition) is 1. The molecule has 0 aliphatic rings. The Labute approximate surface area is 132 Å². The number of ether oxygens (including phenoxy) is 1. The van der Waals surface area contributed by atoms with Crippen LogP contribution in [0.15, 0.2) is 29.0 Å². The minimum absolute atomic E-state index is 0.283. The third-order valence-corrected chi connectivity index (χ3v) is 3.35. The third-order valence-electron chi connectivity index (χ3n) is 2.76. The molecule has 21 heavy (non-hydrogen) atoms. The minimum Gasteiger partial charge on any atom is -0.448 e. The molecule has 112 valence electrons. The third kappa shape index (κ3) is 4.46. The molecule has 1 N–H and O–H groups in total. The highest BCUT2D eigenvalue weighted by molar-refractivity contribution is 6.35. The smallest absolute Gasteiger partial charge is 0.273 e. The molecule has 0 atom stereocenters. The van der Waals surface area contributed by atoms with Crippen molar-refractivity contribution in [1.82, 2.24) is 10.3 Å². The molecule has 0 aliphatic heterocycles. The largest absolute Gasteiger partial charge is 0.448 e. The van der Waals surface area contributed by atoms with Crippen molar-refractivity contribution in [2.24, 2.45) is 0 Å². The van der Waals surface area contributed by atoms with Crippen molar-refractivity contribution in [3.05, 3.63) is 51.7 Å². The second-order valence-electron chi connectivity index (χ2n) is 4.30. The number of nitrogens with one attached hydrogen (secondary N) is 1. The summed E-state index contributed by atoms with van der Waals surface area (Å²) in [5, 5.41) is 3.84. The molecule has 1 amide bonds. The van der Waals surface area contributed by atoms with Crippen molar-refractivity contribution >= 4 is 29.1 Å². The summed E-state index contributed by atoms with van der Waals surface area (Å²) in [5.41, 5.74) is 1.13. The first kappa shape index (κ1) is 15.8. The Balaban J connectivity index is 1.71. The van der Waals surface area contributed by atoms with Gasteiger partial charge in [-0.25, -0.2) is 4.98 Å². The molecule has 7 heteroatoms. The van der Waals surface area contributed by atoms with Crippen LogP contribution < -0.4 is 5.32 Å². The van der Waals surface area contributed by atoms with Crippen molar-refractivity contribution in [2.45, 2.75) is 13.5 Å². The Bertz CT molecular complexity index is 628. The predicted molar refractivity (Wildman–Crippen MR) is 79.7 cm³/mol. The van der Waals surface area contributed by atoms with Gasteiger partial charge in [-0.1, -0.05) is 29.3 Å². The average molecular weight is 329 g/mol. The lowest BCUT2D eigenvalue weighted by Crippen LogP contribution is -2.28. The van der Waals surface area contributed by atoms with E-state index in [1.165, 1.54) is 6.39 Å². The van der Waals surface area contributed by atoms with Gasteiger partial charge in [0, 0.05) is 16.6 Å². The molecule has 2 aromatic rings. The summed E-state index contributed by atoms with van der Waals surface area (Å²) in [7, 11) is 0. The van der Waals surface area contributed by atoms with Crippen LogP contribution in [-0.4, -0.2) is 24.0 Å². The van der Waals surface area contributed by atoms with E-state index < -0.39 is 0 Å². The molecule has 0 spiro atoms. The van der Waals surface area contributed by atoms with Crippen molar-refractivity contribution in [2.75, 3.05) is 13.2 Å². The van der Waals surface area contributed by atoms with Gasteiger partial charge in [0.15, 0.2) is 12.1 Å². The summed E-state index contributed by atoms with van der Waals surface area (Å²) in [4.78, 5) is 15.6. The summed E-state index contributed by atoms with van der Waals surface area (Å²) < 4.78 is 10.4. The number of carbonyl (C=O) groups is 1. The van der Waals surface area contributed by atoms with Crippen LogP contribution in [0.25, 0.3) is 0 Å². The van der Waals surface area contributed by atoms with Crippen LogP contribution in [0.1, 0.15) is 21.8 Å². The van der Waals surface area contributed by atoms with Gasteiger partial charge in [-0.15, -0.1) is 0 Å². The summed E-state index contributed by atoms with van der Waals surface area (Å²) in [6, 6.07) is 5.22. The van der Waals surface area contributed by atoms with Crippen LogP contribution in [0.2, 0.25) is 10.0 Å². The molecule has 1 aromatic carbocycles. The maximum atomic E-state index is 11.7. The van der Waals surface area contributed by atoms with Gasteiger partial charge in [-0.05, 0) is 24.6 Å². The van der Waals surface area contributed by atoms with Crippen LogP contribution in [0.3, 0.4) is 0 Å². The quantitative estimate of drug-likeness (QED) is 0.827. The highest BCUT2D eigenvalue weighted by atomic mass is 35.5. The molecular formula is C14H14Cl2N2O3. The first-order valence-electron chi connectivity index (χ1n) is 6.28. The van der Waals surface area contributed by atoms with E-state index in [0.717, 1.165) is 5.56 Å². The molecule has 0 fully saturated rings. The zero-order valence-electron chi connectivity index (χ0n) is 11.4. The van der Waals surface area contributed by atoms with Crippen molar-refractivity contribution in [3.63, 3.8) is 0 Å². The zero-order valence-corrected chi connectivity index (χ0v) is 12.9. The van der Waals surface area contributed by atoms with E-state index in [0.29, 0.717) is 35.6 Å². The van der Waals surface area contributed by atoms with Crippen LogP contribution >= 0.6 is 23.2 Å². The minimum atomic E-state index is -0.283. The van der Waals surface area contributed by atoms with Crippen LogP contribution in [0, 0.1) is 6.92 Å². The number of amides is 1. The van der Waals surface area contributed by atoms with E-state index in [-0.39, 0.29) is 11.6 Å². The van der Waals surface area contributed by atoms with Gasteiger partial charge < -0.3 is 14.5 Å². The van der Waals surface area contributed by atoms with E-state index in [9.17, 15) is 4.79 Å². The molecule has 2 rings (SSSR count). The van der Waals surface area contributed by atoms with E-state index in [1.807, 2.05) is 6.07 Å². The van der Waals surface area contributed by atoms with E-state index in [4.69, 9.17) is 32.4 Å². The molecule has 0 bridgehead atoms. The molecule has 1 aromatic heterocycles. The van der Waals surface area contributed by atoms with Gasteiger partial charge in [-0.3, -0.25) is 4.79 Å². The van der Waals surface area contributed by atoms with Gasteiger partial charge in [0.05, 0.1) is 13.2 Å². The highest BCUT2D eigenvalue weighted by Gasteiger charge is 2.12. The normalized spacial score (nSPS) is 10.6. The molecule has 0 saturated carbocycles. The number of carbonyl (C=O) groups excluding carboxylic acids is 1. The summed E-state index contributed by atoms with van der Waals surface area (Å²) >= 11 is 11.8. The van der Waals surface area contributed by atoms with E-state index in [1.54, 1.807) is 19.1 Å². The number of hydrogen-bond acceptors (Lipinski definition) is 4. The van der Waals surface area contributed by atoms with Crippen molar-refractivity contribution < 1.29 is 13.9 Å².